The molecule has 1 aliphatic heterocycles. The number of aryl methyl sites for hydroxylation is 2. The maximum atomic E-state index is 13.4. The van der Waals surface area contributed by atoms with Crippen LogP contribution in [0.25, 0.3) is 5.76 Å². The molecule has 1 aliphatic rings. The fourth-order valence-corrected chi connectivity index (χ4v) is 4.46. The Morgan fingerprint density at radius 1 is 0.972 bits per heavy atom. The predicted molar refractivity (Wildman–Crippen MR) is 136 cm³/mol. The number of Topliss-reactive ketones (excluding diaryl/α,β-unsaturated/α-hetero) is 1. The van der Waals surface area contributed by atoms with E-state index in [9.17, 15) is 19.5 Å². The molecule has 0 aliphatic carbocycles. The highest BCUT2D eigenvalue weighted by Crippen LogP contribution is 2.43. The molecule has 0 aromatic heterocycles. The normalized spacial score (nSPS) is 16.8. The van der Waals surface area contributed by atoms with Crippen molar-refractivity contribution in [2.45, 2.75) is 26.8 Å². The number of hydrogen-bond donors (Lipinski definition) is 1. The largest absolute Gasteiger partial charge is 0.507 e. The Bertz CT molecular complexity index is 1390. The van der Waals surface area contributed by atoms with Gasteiger partial charge in [-0.2, -0.15) is 0 Å². The first-order chi connectivity index (χ1) is 17.3. The van der Waals surface area contributed by atoms with E-state index in [-0.39, 0.29) is 23.5 Å². The van der Waals surface area contributed by atoms with E-state index < -0.39 is 23.7 Å². The van der Waals surface area contributed by atoms with E-state index in [0.717, 1.165) is 5.56 Å². The number of ketones is 1. The molecule has 184 valence electrons. The first kappa shape index (κ1) is 24.7. The van der Waals surface area contributed by atoms with Gasteiger partial charge in [-0.15, -0.1) is 0 Å². The number of aliphatic hydroxyl groups excluding tert-OH is 1. The van der Waals surface area contributed by atoms with Crippen LogP contribution in [0.2, 0.25) is 0 Å². The van der Waals surface area contributed by atoms with Crippen LogP contribution >= 0.6 is 0 Å². The number of anilines is 1. The lowest BCUT2D eigenvalue weighted by atomic mass is 9.91. The molecule has 1 heterocycles. The van der Waals surface area contributed by atoms with E-state index in [2.05, 4.69) is 0 Å². The summed E-state index contributed by atoms with van der Waals surface area (Å²) >= 11 is 0. The highest BCUT2D eigenvalue weighted by Gasteiger charge is 2.47. The maximum Gasteiger partial charge on any atom is 0.338 e. The first-order valence-electron chi connectivity index (χ1n) is 11.6. The molecule has 3 aromatic carbocycles. The summed E-state index contributed by atoms with van der Waals surface area (Å²) in [6.07, 6.45) is 0. The number of rotatable bonds is 6. The molecule has 1 saturated heterocycles. The molecule has 36 heavy (non-hydrogen) atoms. The van der Waals surface area contributed by atoms with Crippen LogP contribution in [0.3, 0.4) is 0 Å². The van der Waals surface area contributed by atoms with Gasteiger partial charge >= 0.3 is 5.97 Å². The van der Waals surface area contributed by atoms with Gasteiger partial charge in [0.1, 0.15) is 11.5 Å². The summed E-state index contributed by atoms with van der Waals surface area (Å²) in [5.41, 5.74) is 3.22. The molecule has 7 nitrogen and oxygen atoms in total. The predicted octanol–water partition coefficient (Wildman–Crippen LogP) is 5.12. The highest BCUT2D eigenvalue weighted by molar-refractivity contribution is 6.51. The Morgan fingerprint density at radius 3 is 2.39 bits per heavy atom. The number of carbonyl (C=O) groups excluding carboxylic acids is 3. The molecule has 1 N–H and O–H groups in total. The SMILES string of the molecule is CCOC(=O)c1cccc(N2C(=O)C(=O)/C(=C(/O)c3ccc(OC)cc3C)C2c2ccccc2C)c1. The number of hydrogen-bond acceptors (Lipinski definition) is 6. The topological polar surface area (TPSA) is 93.1 Å². The fourth-order valence-electron chi connectivity index (χ4n) is 4.46. The second-order valence-electron chi connectivity index (χ2n) is 8.48. The van der Waals surface area contributed by atoms with Gasteiger partial charge in [0.15, 0.2) is 0 Å². The van der Waals surface area contributed by atoms with Crippen LogP contribution in [0, 0.1) is 13.8 Å². The zero-order valence-electron chi connectivity index (χ0n) is 20.6. The monoisotopic (exact) mass is 485 g/mol. The van der Waals surface area contributed by atoms with Crippen LogP contribution in [0.5, 0.6) is 5.75 Å². The van der Waals surface area contributed by atoms with E-state index in [1.165, 1.54) is 11.0 Å². The summed E-state index contributed by atoms with van der Waals surface area (Å²) in [5, 5.41) is 11.4. The van der Waals surface area contributed by atoms with Crippen molar-refractivity contribution in [3.8, 4) is 5.75 Å². The van der Waals surface area contributed by atoms with Crippen LogP contribution in [0.1, 0.15) is 45.6 Å². The van der Waals surface area contributed by atoms with Gasteiger partial charge < -0.3 is 14.6 Å². The second kappa shape index (κ2) is 10.1. The molecule has 3 aromatic rings. The third kappa shape index (κ3) is 4.35. The molecule has 4 rings (SSSR count). The standard InChI is InChI=1S/C29H27NO6/c1-5-36-29(34)19-10-8-11-20(16-19)30-25(22-12-7-6-9-17(22)2)24(27(32)28(30)33)26(31)23-14-13-21(35-4)15-18(23)3/h6-16,25,31H,5H2,1-4H3/b26-24+. The summed E-state index contributed by atoms with van der Waals surface area (Å²) in [5.74, 6) is -1.80. The number of carbonyl (C=O) groups is 3. The van der Waals surface area contributed by atoms with E-state index in [0.29, 0.717) is 28.1 Å². The van der Waals surface area contributed by atoms with Crippen molar-refractivity contribution in [1.82, 2.24) is 0 Å². The van der Waals surface area contributed by atoms with Crippen molar-refractivity contribution >= 4 is 29.1 Å². The molecule has 1 fully saturated rings. The van der Waals surface area contributed by atoms with Gasteiger partial charge in [-0.3, -0.25) is 14.5 Å². The van der Waals surface area contributed by atoms with E-state index >= 15 is 0 Å². The van der Waals surface area contributed by atoms with Crippen molar-refractivity contribution < 1.29 is 29.0 Å². The van der Waals surface area contributed by atoms with Gasteiger partial charge in [0, 0.05) is 11.3 Å². The number of aliphatic hydroxyl groups is 1. The third-order valence-electron chi connectivity index (χ3n) is 6.25. The minimum Gasteiger partial charge on any atom is -0.507 e. The lowest BCUT2D eigenvalue weighted by Gasteiger charge is -2.27. The Labute approximate surface area is 209 Å². The number of nitrogens with zero attached hydrogens (tertiary/aromatic N) is 1. The molecule has 7 heteroatoms. The van der Waals surface area contributed by atoms with Crippen LogP contribution < -0.4 is 9.64 Å². The molecule has 0 spiro atoms. The Kier molecular flexibility index (Phi) is 6.92. The lowest BCUT2D eigenvalue weighted by Crippen LogP contribution is -2.30. The zero-order chi connectivity index (χ0) is 26.0. The zero-order valence-corrected chi connectivity index (χ0v) is 20.6. The van der Waals surface area contributed by atoms with Crippen molar-refractivity contribution in [2.24, 2.45) is 0 Å². The Hall–Kier alpha value is -4.39. The summed E-state index contributed by atoms with van der Waals surface area (Å²) in [6, 6.07) is 18.0. The second-order valence-corrected chi connectivity index (χ2v) is 8.48. The number of amides is 1. The van der Waals surface area contributed by atoms with Crippen LogP contribution in [-0.2, 0) is 14.3 Å². The number of ether oxygens (including phenoxy) is 2. The van der Waals surface area contributed by atoms with Gasteiger partial charge in [-0.05, 0) is 73.9 Å². The van der Waals surface area contributed by atoms with Gasteiger partial charge in [-0.1, -0.05) is 30.3 Å². The Morgan fingerprint density at radius 2 is 1.72 bits per heavy atom. The van der Waals surface area contributed by atoms with Crippen LogP contribution in [-0.4, -0.2) is 36.5 Å². The quantitative estimate of drug-likeness (QED) is 0.226. The van der Waals surface area contributed by atoms with Crippen LogP contribution in [0.4, 0.5) is 5.69 Å². The van der Waals surface area contributed by atoms with Crippen molar-refractivity contribution in [3.63, 3.8) is 0 Å². The number of benzene rings is 3. The summed E-state index contributed by atoms with van der Waals surface area (Å²) in [7, 11) is 1.54. The van der Waals surface area contributed by atoms with Crippen molar-refractivity contribution in [2.75, 3.05) is 18.6 Å². The van der Waals surface area contributed by atoms with Gasteiger partial charge in [-0.25, -0.2) is 4.79 Å². The fraction of sp³-hybridized carbons (Fsp3) is 0.207. The molecule has 0 saturated carbocycles. The number of esters is 1. The highest BCUT2D eigenvalue weighted by atomic mass is 16.5. The lowest BCUT2D eigenvalue weighted by molar-refractivity contribution is -0.132. The van der Waals surface area contributed by atoms with Crippen molar-refractivity contribution in [3.05, 3.63) is 100 Å². The molecule has 0 bridgehead atoms. The molecule has 1 amide bonds. The summed E-state index contributed by atoms with van der Waals surface area (Å²) < 4.78 is 10.4. The molecule has 0 radical (unpaired) electrons. The number of methoxy groups -OCH3 is 1. The van der Waals surface area contributed by atoms with Crippen molar-refractivity contribution in [1.29, 1.82) is 0 Å². The summed E-state index contributed by atoms with van der Waals surface area (Å²) in [4.78, 5) is 40.6. The van der Waals surface area contributed by atoms with Gasteiger partial charge in [0.2, 0.25) is 0 Å². The van der Waals surface area contributed by atoms with E-state index in [1.54, 1.807) is 57.4 Å². The average molecular weight is 486 g/mol. The minimum absolute atomic E-state index is 0.0240. The smallest absolute Gasteiger partial charge is 0.338 e. The average Bonchev–Trinajstić information content (AvgIpc) is 3.14. The molecular formula is C29H27NO6. The molecular weight excluding hydrogens is 458 g/mol. The third-order valence-corrected chi connectivity index (χ3v) is 6.25. The van der Waals surface area contributed by atoms with Crippen LogP contribution in [0.15, 0.2) is 72.3 Å². The summed E-state index contributed by atoms with van der Waals surface area (Å²) in [6.45, 7) is 5.58. The Balaban J connectivity index is 1.94. The molecule has 1 atom stereocenters. The minimum atomic E-state index is -0.898. The van der Waals surface area contributed by atoms with Gasteiger partial charge in [0.25, 0.3) is 11.7 Å². The van der Waals surface area contributed by atoms with E-state index in [1.807, 2.05) is 31.2 Å². The maximum absolute atomic E-state index is 13.4. The molecule has 1 unspecified atom stereocenters. The first-order valence-corrected chi connectivity index (χ1v) is 11.6. The van der Waals surface area contributed by atoms with Gasteiger partial charge in [0.05, 0.1) is 30.9 Å². The van der Waals surface area contributed by atoms with E-state index in [4.69, 9.17) is 9.47 Å².